The van der Waals surface area contributed by atoms with E-state index in [0.717, 1.165) is 11.1 Å². The van der Waals surface area contributed by atoms with Gasteiger partial charge in [-0.05, 0) is 55.8 Å². The number of halogens is 1. The van der Waals surface area contributed by atoms with Crippen LogP contribution in [0.5, 0.6) is 0 Å². The maximum atomic E-state index is 13.6. The molecule has 0 aliphatic carbocycles. The summed E-state index contributed by atoms with van der Waals surface area (Å²) in [5.41, 5.74) is 2.48. The van der Waals surface area contributed by atoms with Gasteiger partial charge in [-0.1, -0.05) is 12.1 Å². The Balaban J connectivity index is 1.44. The standard InChI is InChI=1S/C26H25FN2O6/c1-26(2)17(10-21(35-26)22-16-8-7-15(27)9-18(16)28-24(22)33)13-3-5-14(6-4-13)25(34)29-11-19(30)23(32)20(31)12-29/h3-10,19-20,23,30-32H,11-12H2,1-2H3,(H,28,33)/b22-21+/t19-,20+,23?. The van der Waals surface area contributed by atoms with Gasteiger partial charge in [0.05, 0.1) is 11.3 Å². The minimum Gasteiger partial charge on any atom is -0.482 e. The van der Waals surface area contributed by atoms with Crippen LogP contribution in [0.4, 0.5) is 10.1 Å². The van der Waals surface area contributed by atoms with Crippen molar-refractivity contribution in [2.75, 3.05) is 18.4 Å². The highest BCUT2D eigenvalue weighted by atomic mass is 19.1. The number of carbonyl (C=O) groups is 2. The number of aliphatic hydroxyl groups is 3. The van der Waals surface area contributed by atoms with Gasteiger partial charge in [-0.15, -0.1) is 0 Å². The molecule has 1 saturated heterocycles. The van der Waals surface area contributed by atoms with E-state index >= 15 is 0 Å². The van der Waals surface area contributed by atoms with Gasteiger partial charge in [0.15, 0.2) is 0 Å². The molecule has 182 valence electrons. The molecular weight excluding hydrogens is 455 g/mol. The summed E-state index contributed by atoms with van der Waals surface area (Å²) in [4.78, 5) is 26.8. The number of anilines is 1. The number of hydrogen-bond acceptors (Lipinski definition) is 6. The Hall–Kier alpha value is -3.53. The molecule has 0 radical (unpaired) electrons. The number of nitrogens with zero attached hydrogens (tertiary/aromatic N) is 1. The summed E-state index contributed by atoms with van der Waals surface area (Å²) in [5.74, 6) is -0.806. The normalized spacial score (nSPS) is 27.3. The molecule has 0 spiro atoms. The van der Waals surface area contributed by atoms with E-state index in [1.165, 1.54) is 17.0 Å². The molecular formula is C26H25FN2O6. The molecule has 3 aliphatic heterocycles. The molecule has 2 amide bonds. The highest BCUT2D eigenvalue weighted by molar-refractivity contribution is 6.32. The molecule has 2 aromatic carbocycles. The number of allylic oxidation sites excluding steroid dienone is 1. The molecule has 1 fully saturated rings. The van der Waals surface area contributed by atoms with Crippen LogP contribution in [0.1, 0.15) is 35.3 Å². The number of hydrogen-bond donors (Lipinski definition) is 4. The molecule has 1 unspecified atom stereocenters. The van der Waals surface area contributed by atoms with Crippen LogP contribution in [-0.4, -0.2) is 69.0 Å². The van der Waals surface area contributed by atoms with Crippen LogP contribution >= 0.6 is 0 Å². The number of ether oxygens (including phenoxy) is 1. The molecule has 8 nitrogen and oxygen atoms in total. The minimum atomic E-state index is -1.28. The van der Waals surface area contributed by atoms with Crippen molar-refractivity contribution < 1.29 is 34.0 Å². The summed E-state index contributed by atoms with van der Waals surface area (Å²) < 4.78 is 19.7. The molecule has 0 aromatic heterocycles. The molecule has 3 heterocycles. The third-order valence-corrected chi connectivity index (χ3v) is 6.60. The highest BCUT2D eigenvalue weighted by Gasteiger charge is 2.39. The fourth-order valence-corrected chi connectivity index (χ4v) is 4.75. The van der Waals surface area contributed by atoms with Crippen LogP contribution in [0.15, 0.2) is 54.3 Å². The molecule has 35 heavy (non-hydrogen) atoms. The maximum absolute atomic E-state index is 13.6. The monoisotopic (exact) mass is 480 g/mol. The van der Waals surface area contributed by atoms with Gasteiger partial charge in [-0.25, -0.2) is 4.39 Å². The molecule has 3 atom stereocenters. The second kappa shape index (κ2) is 8.30. The molecule has 9 heteroatoms. The first-order chi connectivity index (χ1) is 16.5. The van der Waals surface area contributed by atoms with Gasteiger partial charge < -0.3 is 30.3 Å². The number of likely N-dealkylation sites (tertiary alicyclic amines) is 1. The van der Waals surface area contributed by atoms with Crippen LogP contribution < -0.4 is 5.32 Å². The Kier molecular flexibility index (Phi) is 5.51. The Bertz CT molecular complexity index is 1270. The lowest BCUT2D eigenvalue weighted by atomic mass is 9.91. The number of amides is 2. The third kappa shape index (κ3) is 4.01. The summed E-state index contributed by atoms with van der Waals surface area (Å²) >= 11 is 0. The summed E-state index contributed by atoms with van der Waals surface area (Å²) in [6.07, 6.45) is -1.94. The highest BCUT2D eigenvalue weighted by Crippen LogP contribution is 2.44. The van der Waals surface area contributed by atoms with E-state index in [-0.39, 0.29) is 24.9 Å². The summed E-state index contributed by atoms with van der Waals surface area (Å²) in [6.45, 7) is 3.59. The molecule has 2 aromatic rings. The van der Waals surface area contributed by atoms with E-state index in [9.17, 15) is 29.3 Å². The average molecular weight is 480 g/mol. The van der Waals surface area contributed by atoms with E-state index in [1.54, 1.807) is 36.4 Å². The SMILES string of the molecule is CC1(C)O/C(=C2/C(=O)Nc3cc(F)ccc32)C=C1c1ccc(C(=O)N2C[C@@H](O)C(O)[C@@H](O)C2)cc1. The van der Waals surface area contributed by atoms with Crippen LogP contribution in [0, 0.1) is 5.82 Å². The lowest BCUT2D eigenvalue weighted by molar-refractivity contribution is -0.111. The van der Waals surface area contributed by atoms with Crippen molar-refractivity contribution in [3.63, 3.8) is 0 Å². The predicted molar refractivity (Wildman–Crippen MR) is 125 cm³/mol. The molecule has 0 bridgehead atoms. The Morgan fingerprint density at radius 2 is 1.74 bits per heavy atom. The van der Waals surface area contributed by atoms with Gasteiger partial charge in [0.25, 0.3) is 11.8 Å². The van der Waals surface area contributed by atoms with Crippen LogP contribution in [0.2, 0.25) is 0 Å². The molecule has 4 N–H and O–H groups in total. The Morgan fingerprint density at radius 1 is 1.09 bits per heavy atom. The van der Waals surface area contributed by atoms with Crippen LogP contribution in [0.3, 0.4) is 0 Å². The molecule has 0 saturated carbocycles. The largest absolute Gasteiger partial charge is 0.482 e. The summed E-state index contributed by atoms with van der Waals surface area (Å²) in [5, 5.41) is 32.2. The van der Waals surface area contributed by atoms with Gasteiger partial charge in [0, 0.05) is 29.8 Å². The van der Waals surface area contributed by atoms with E-state index in [2.05, 4.69) is 5.32 Å². The minimum absolute atomic E-state index is 0.0742. The number of rotatable bonds is 2. The zero-order valence-corrected chi connectivity index (χ0v) is 19.2. The van der Waals surface area contributed by atoms with Gasteiger partial charge >= 0.3 is 0 Å². The Labute approximate surface area is 200 Å². The zero-order valence-electron chi connectivity index (χ0n) is 19.2. The van der Waals surface area contributed by atoms with Crippen molar-refractivity contribution >= 4 is 28.6 Å². The summed E-state index contributed by atoms with van der Waals surface area (Å²) in [6, 6.07) is 10.9. The fraction of sp³-hybridized carbons (Fsp3) is 0.308. The van der Waals surface area contributed by atoms with Crippen molar-refractivity contribution in [1.29, 1.82) is 0 Å². The topological polar surface area (TPSA) is 119 Å². The number of nitrogens with one attached hydrogen (secondary N) is 1. The predicted octanol–water partition coefficient (Wildman–Crippen LogP) is 1.92. The van der Waals surface area contributed by atoms with Gasteiger partial charge in [0.1, 0.15) is 35.5 Å². The first kappa shape index (κ1) is 23.2. The fourth-order valence-electron chi connectivity index (χ4n) is 4.75. The van der Waals surface area contributed by atoms with Gasteiger partial charge in [-0.2, -0.15) is 0 Å². The second-order valence-electron chi connectivity index (χ2n) is 9.47. The second-order valence-corrected chi connectivity index (χ2v) is 9.47. The number of carbonyl (C=O) groups excluding carboxylic acids is 2. The van der Waals surface area contributed by atoms with E-state index < -0.39 is 29.7 Å². The van der Waals surface area contributed by atoms with Gasteiger partial charge in [-0.3, -0.25) is 9.59 Å². The lowest BCUT2D eigenvalue weighted by Gasteiger charge is -2.36. The van der Waals surface area contributed by atoms with E-state index in [4.69, 9.17) is 4.74 Å². The average Bonchev–Trinajstić information content (AvgIpc) is 3.30. The number of piperidine rings is 1. The first-order valence-electron chi connectivity index (χ1n) is 11.3. The number of aliphatic hydroxyl groups excluding tert-OH is 3. The van der Waals surface area contributed by atoms with Crippen LogP contribution in [0.25, 0.3) is 11.1 Å². The first-order valence-corrected chi connectivity index (χ1v) is 11.3. The number of β-amino-alcohol motifs (C(OH)–C–C–N with tert-alkyl or cyclic N) is 2. The summed E-state index contributed by atoms with van der Waals surface area (Å²) in [7, 11) is 0. The molecule has 3 aliphatic rings. The smallest absolute Gasteiger partial charge is 0.260 e. The maximum Gasteiger partial charge on any atom is 0.260 e. The quantitative estimate of drug-likeness (QED) is 0.488. The van der Waals surface area contributed by atoms with E-state index in [1.807, 2.05) is 13.8 Å². The van der Waals surface area contributed by atoms with Crippen molar-refractivity contribution in [2.24, 2.45) is 0 Å². The number of benzene rings is 2. The molecule has 5 rings (SSSR count). The van der Waals surface area contributed by atoms with Crippen molar-refractivity contribution in [2.45, 2.75) is 37.8 Å². The third-order valence-electron chi connectivity index (χ3n) is 6.60. The lowest BCUT2D eigenvalue weighted by Crippen LogP contribution is -2.56. The van der Waals surface area contributed by atoms with Crippen molar-refractivity contribution in [3.8, 4) is 0 Å². The Morgan fingerprint density at radius 3 is 2.40 bits per heavy atom. The number of fused-ring (bicyclic) bond motifs is 1. The van der Waals surface area contributed by atoms with Crippen LogP contribution in [-0.2, 0) is 9.53 Å². The zero-order chi connectivity index (χ0) is 25.1. The van der Waals surface area contributed by atoms with Gasteiger partial charge in [0.2, 0.25) is 0 Å². The van der Waals surface area contributed by atoms with E-state index in [0.29, 0.717) is 28.1 Å². The van der Waals surface area contributed by atoms with Crippen molar-refractivity contribution in [1.82, 2.24) is 4.90 Å². The van der Waals surface area contributed by atoms with Crippen molar-refractivity contribution in [3.05, 3.63) is 76.8 Å².